The zero-order chi connectivity index (χ0) is 12.1. The molecule has 0 aromatic heterocycles. The van der Waals surface area contributed by atoms with Crippen LogP contribution in [-0.4, -0.2) is 43.2 Å². The van der Waals surface area contributed by atoms with E-state index in [4.69, 9.17) is 10.5 Å². The summed E-state index contributed by atoms with van der Waals surface area (Å²) in [4.78, 5) is 13.4. The molecule has 0 heterocycles. The van der Waals surface area contributed by atoms with E-state index < -0.39 is 0 Å². The van der Waals surface area contributed by atoms with Gasteiger partial charge in [0.15, 0.2) is 0 Å². The highest BCUT2D eigenvalue weighted by Crippen LogP contribution is 2.09. The molecular weight excluding hydrogens is 192 g/mol. The van der Waals surface area contributed by atoms with Gasteiger partial charge in [0.05, 0.1) is 12.6 Å². The maximum atomic E-state index is 11.7. The molecule has 0 saturated heterocycles. The van der Waals surface area contributed by atoms with E-state index in [1.165, 1.54) is 0 Å². The number of methoxy groups -OCH3 is 1. The van der Waals surface area contributed by atoms with Gasteiger partial charge in [-0.3, -0.25) is 4.79 Å². The van der Waals surface area contributed by atoms with Crippen molar-refractivity contribution in [2.24, 2.45) is 5.73 Å². The van der Waals surface area contributed by atoms with E-state index in [0.29, 0.717) is 19.4 Å². The number of nitrogens with zero attached hydrogens (tertiary/aromatic N) is 1. The Balaban J connectivity index is 3.99. The van der Waals surface area contributed by atoms with Crippen molar-refractivity contribution >= 4 is 5.91 Å². The van der Waals surface area contributed by atoms with Crippen molar-refractivity contribution in [1.29, 1.82) is 0 Å². The lowest BCUT2D eigenvalue weighted by molar-refractivity contribution is -0.132. The van der Waals surface area contributed by atoms with E-state index in [9.17, 15) is 4.79 Å². The minimum absolute atomic E-state index is 0.114. The molecule has 0 saturated carbocycles. The Morgan fingerprint density at radius 3 is 2.47 bits per heavy atom. The third kappa shape index (κ3) is 6.47. The number of hydrogen-bond donors (Lipinski definition) is 1. The summed E-state index contributed by atoms with van der Waals surface area (Å²) in [5, 5.41) is 0. The monoisotopic (exact) mass is 216 g/mol. The van der Waals surface area contributed by atoms with Crippen LogP contribution in [0.4, 0.5) is 0 Å². The van der Waals surface area contributed by atoms with Crippen LogP contribution in [0.1, 0.15) is 33.6 Å². The first-order valence-corrected chi connectivity index (χ1v) is 5.31. The molecule has 0 bridgehead atoms. The molecule has 15 heavy (non-hydrogen) atoms. The van der Waals surface area contributed by atoms with Crippen LogP contribution in [0.2, 0.25) is 0 Å². The van der Waals surface area contributed by atoms with Crippen LogP contribution in [0, 0.1) is 0 Å². The molecule has 0 fully saturated rings. The van der Waals surface area contributed by atoms with Gasteiger partial charge in [0.1, 0.15) is 0 Å². The van der Waals surface area contributed by atoms with Gasteiger partial charge in [-0.25, -0.2) is 0 Å². The maximum Gasteiger partial charge on any atom is 0.222 e. The number of hydrogen-bond acceptors (Lipinski definition) is 3. The van der Waals surface area contributed by atoms with E-state index in [1.54, 1.807) is 19.1 Å². The first kappa shape index (κ1) is 14.4. The van der Waals surface area contributed by atoms with Gasteiger partial charge in [0.25, 0.3) is 0 Å². The van der Waals surface area contributed by atoms with Gasteiger partial charge in [0, 0.05) is 26.1 Å². The summed E-state index contributed by atoms with van der Waals surface area (Å²) in [5.41, 5.74) is 5.55. The average molecular weight is 216 g/mol. The Bertz CT molecular complexity index is 199. The highest BCUT2D eigenvalue weighted by molar-refractivity contribution is 5.76. The van der Waals surface area contributed by atoms with Crippen LogP contribution in [-0.2, 0) is 9.53 Å². The molecule has 90 valence electrons. The number of likely N-dealkylation sites (N-methyl/N-ethyl adjacent to an activating group) is 1. The molecule has 1 atom stereocenters. The summed E-state index contributed by atoms with van der Waals surface area (Å²) < 4.78 is 5.00. The number of nitrogens with two attached hydrogens (primary N) is 1. The second kappa shape index (κ2) is 6.08. The zero-order valence-electron chi connectivity index (χ0n) is 10.5. The standard InChI is InChI=1S/C11H24N2O2/c1-9(8-15-5)13(4)10(14)6-7-11(2,3)12/h9H,6-8,12H2,1-5H3. The number of rotatable bonds is 6. The number of carbonyl (C=O) groups excluding carboxylic acids is 1. The first-order chi connectivity index (χ1) is 6.78. The summed E-state index contributed by atoms with van der Waals surface area (Å²) in [7, 11) is 3.44. The fraction of sp³-hybridized carbons (Fsp3) is 0.909. The Kier molecular flexibility index (Phi) is 5.83. The van der Waals surface area contributed by atoms with Gasteiger partial charge < -0.3 is 15.4 Å². The number of carbonyl (C=O) groups is 1. The van der Waals surface area contributed by atoms with Gasteiger partial charge in [0.2, 0.25) is 5.91 Å². The summed E-state index contributed by atoms with van der Waals surface area (Å²) in [6, 6.07) is 0.114. The SMILES string of the molecule is COCC(C)N(C)C(=O)CCC(C)(C)N. The molecule has 0 aromatic carbocycles. The second-order valence-corrected chi connectivity index (χ2v) is 4.80. The van der Waals surface area contributed by atoms with Crippen molar-refractivity contribution in [3.8, 4) is 0 Å². The molecule has 0 aromatic rings. The summed E-state index contributed by atoms with van der Waals surface area (Å²) in [6.45, 7) is 6.39. The second-order valence-electron chi connectivity index (χ2n) is 4.80. The van der Waals surface area contributed by atoms with Gasteiger partial charge in [-0.1, -0.05) is 0 Å². The molecule has 0 aliphatic carbocycles. The van der Waals surface area contributed by atoms with Crippen LogP contribution < -0.4 is 5.73 Å². The normalized spacial score (nSPS) is 13.7. The molecule has 1 amide bonds. The van der Waals surface area contributed by atoms with Crippen LogP contribution in [0.25, 0.3) is 0 Å². The van der Waals surface area contributed by atoms with Crippen LogP contribution in [0.15, 0.2) is 0 Å². The van der Waals surface area contributed by atoms with Crippen molar-refractivity contribution in [3.05, 3.63) is 0 Å². The molecule has 0 aliphatic heterocycles. The quantitative estimate of drug-likeness (QED) is 0.720. The predicted octanol–water partition coefficient (Wildman–Crippen LogP) is 0.997. The van der Waals surface area contributed by atoms with E-state index in [1.807, 2.05) is 20.8 Å². The molecule has 0 rings (SSSR count). The fourth-order valence-electron chi connectivity index (χ4n) is 1.20. The van der Waals surface area contributed by atoms with Gasteiger partial charge >= 0.3 is 0 Å². The van der Waals surface area contributed by atoms with Crippen molar-refractivity contribution < 1.29 is 9.53 Å². The number of ether oxygens (including phenoxy) is 1. The minimum atomic E-state index is -0.277. The molecule has 0 aliphatic rings. The van der Waals surface area contributed by atoms with Crippen molar-refractivity contribution in [2.75, 3.05) is 20.8 Å². The number of amides is 1. The minimum Gasteiger partial charge on any atom is -0.383 e. The lowest BCUT2D eigenvalue weighted by Gasteiger charge is -2.26. The lowest BCUT2D eigenvalue weighted by Crippen LogP contribution is -2.40. The van der Waals surface area contributed by atoms with Crippen molar-refractivity contribution in [3.63, 3.8) is 0 Å². The highest BCUT2D eigenvalue weighted by Gasteiger charge is 2.18. The van der Waals surface area contributed by atoms with Crippen molar-refractivity contribution in [2.45, 2.75) is 45.2 Å². The largest absolute Gasteiger partial charge is 0.383 e. The van der Waals surface area contributed by atoms with E-state index >= 15 is 0 Å². The Hall–Kier alpha value is -0.610. The topological polar surface area (TPSA) is 55.6 Å². The molecular formula is C11H24N2O2. The third-order valence-corrected chi connectivity index (χ3v) is 2.45. The third-order valence-electron chi connectivity index (χ3n) is 2.45. The predicted molar refractivity (Wildman–Crippen MR) is 61.6 cm³/mol. The molecule has 0 radical (unpaired) electrons. The zero-order valence-corrected chi connectivity index (χ0v) is 10.5. The van der Waals surface area contributed by atoms with E-state index in [0.717, 1.165) is 0 Å². The van der Waals surface area contributed by atoms with Gasteiger partial charge in [-0.2, -0.15) is 0 Å². The first-order valence-electron chi connectivity index (χ1n) is 5.31. The molecule has 4 nitrogen and oxygen atoms in total. The van der Waals surface area contributed by atoms with E-state index in [-0.39, 0.29) is 17.5 Å². The smallest absolute Gasteiger partial charge is 0.222 e. The summed E-state index contributed by atoms with van der Waals surface area (Å²) in [5.74, 6) is 0.123. The van der Waals surface area contributed by atoms with Gasteiger partial charge in [-0.15, -0.1) is 0 Å². The molecule has 2 N–H and O–H groups in total. The summed E-state index contributed by atoms with van der Waals surface area (Å²) >= 11 is 0. The molecule has 0 spiro atoms. The summed E-state index contributed by atoms with van der Waals surface area (Å²) in [6.07, 6.45) is 1.20. The Labute approximate surface area is 92.8 Å². The van der Waals surface area contributed by atoms with Gasteiger partial charge in [-0.05, 0) is 27.2 Å². The van der Waals surface area contributed by atoms with E-state index in [2.05, 4.69) is 0 Å². The lowest BCUT2D eigenvalue weighted by atomic mass is 9.99. The fourth-order valence-corrected chi connectivity index (χ4v) is 1.20. The van der Waals surface area contributed by atoms with Crippen LogP contribution in [0.3, 0.4) is 0 Å². The highest BCUT2D eigenvalue weighted by atomic mass is 16.5. The molecule has 1 unspecified atom stereocenters. The maximum absolute atomic E-state index is 11.7. The Morgan fingerprint density at radius 2 is 2.07 bits per heavy atom. The van der Waals surface area contributed by atoms with Crippen LogP contribution >= 0.6 is 0 Å². The van der Waals surface area contributed by atoms with Crippen molar-refractivity contribution in [1.82, 2.24) is 4.90 Å². The molecule has 4 heteroatoms. The average Bonchev–Trinajstić information content (AvgIpc) is 2.12. The van der Waals surface area contributed by atoms with Crippen LogP contribution in [0.5, 0.6) is 0 Å². The Morgan fingerprint density at radius 1 is 1.53 bits per heavy atom.